The van der Waals surface area contributed by atoms with Crippen LogP contribution in [0.25, 0.3) is 11.3 Å². The van der Waals surface area contributed by atoms with E-state index in [2.05, 4.69) is 37.8 Å². The van der Waals surface area contributed by atoms with Crippen LogP contribution in [0.4, 0.5) is 16.4 Å². The molecule has 3 aromatic rings. The summed E-state index contributed by atoms with van der Waals surface area (Å²) in [4.78, 5) is 21.1. The fraction of sp³-hybridized carbons (Fsp3) is 0.364. The normalized spacial score (nSPS) is 15.5. The van der Waals surface area contributed by atoms with Gasteiger partial charge in [-0.1, -0.05) is 12.1 Å². The summed E-state index contributed by atoms with van der Waals surface area (Å²) in [7, 11) is 1.86. The number of hydrogen-bond acceptors (Lipinski definition) is 6. The second-order valence-electron chi connectivity index (χ2n) is 8.44. The van der Waals surface area contributed by atoms with E-state index in [1.807, 2.05) is 46.1 Å². The summed E-state index contributed by atoms with van der Waals surface area (Å²) < 4.78 is 7.11. The number of carbonyl (C=O) groups excluding carboxylic acids is 1. The first-order valence-corrected chi connectivity index (χ1v) is 9.98. The number of fused-ring (bicyclic) bond motifs is 1. The van der Waals surface area contributed by atoms with Crippen LogP contribution in [0.5, 0.6) is 0 Å². The van der Waals surface area contributed by atoms with Gasteiger partial charge in [0.15, 0.2) is 0 Å². The van der Waals surface area contributed by atoms with E-state index in [1.54, 1.807) is 17.1 Å². The molecule has 0 spiro atoms. The van der Waals surface area contributed by atoms with Crippen LogP contribution >= 0.6 is 0 Å². The number of carbonyl (C=O) groups is 1. The van der Waals surface area contributed by atoms with E-state index in [9.17, 15) is 4.79 Å². The molecule has 2 heterocycles. The predicted octanol–water partition coefficient (Wildman–Crippen LogP) is 4.13. The third-order valence-electron chi connectivity index (χ3n) is 4.82. The quantitative estimate of drug-likeness (QED) is 0.676. The van der Waals surface area contributed by atoms with E-state index in [4.69, 9.17) is 4.74 Å². The number of hydrogen-bond donors (Lipinski definition) is 2. The molecule has 1 aliphatic carbocycles. The Bertz CT molecular complexity index is 1070. The summed E-state index contributed by atoms with van der Waals surface area (Å²) in [6.07, 6.45) is 6.70. The molecule has 8 heteroatoms. The van der Waals surface area contributed by atoms with Crippen LogP contribution in [-0.2, 0) is 18.2 Å². The van der Waals surface area contributed by atoms with Gasteiger partial charge in [0.05, 0.1) is 23.6 Å². The molecule has 1 amide bonds. The number of nitrogens with zero attached hydrogens (tertiary/aromatic N) is 4. The van der Waals surface area contributed by atoms with Gasteiger partial charge in [0.2, 0.25) is 5.95 Å². The minimum atomic E-state index is -0.510. The first-order valence-electron chi connectivity index (χ1n) is 9.98. The Hall–Kier alpha value is -3.42. The van der Waals surface area contributed by atoms with Gasteiger partial charge >= 0.3 is 6.09 Å². The Labute approximate surface area is 175 Å². The third kappa shape index (κ3) is 4.59. The molecule has 0 radical (unpaired) electrons. The largest absolute Gasteiger partial charge is 0.444 e. The van der Waals surface area contributed by atoms with E-state index in [1.165, 1.54) is 5.56 Å². The number of anilines is 2. The summed E-state index contributed by atoms with van der Waals surface area (Å²) in [5.41, 5.74) is 4.52. The number of ether oxygens (including phenoxy) is 1. The van der Waals surface area contributed by atoms with Gasteiger partial charge in [-0.3, -0.25) is 4.68 Å². The number of rotatable bonds is 4. The molecular weight excluding hydrogens is 380 g/mol. The Morgan fingerprint density at radius 3 is 2.83 bits per heavy atom. The number of nitrogens with one attached hydrogen (secondary N) is 2. The van der Waals surface area contributed by atoms with Crippen LogP contribution in [0.1, 0.15) is 44.4 Å². The lowest BCUT2D eigenvalue weighted by Gasteiger charge is -2.22. The molecule has 1 aromatic carbocycles. The minimum absolute atomic E-state index is 0.0305. The molecule has 1 aliphatic rings. The molecule has 1 unspecified atom stereocenters. The van der Waals surface area contributed by atoms with Gasteiger partial charge in [-0.2, -0.15) is 5.10 Å². The van der Waals surface area contributed by atoms with Crippen molar-refractivity contribution in [3.63, 3.8) is 0 Å². The van der Waals surface area contributed by atoms with Crippen molar-refractivity contribution in [3.8, 4) is 11.3 Å². The van der Waals surface area contributed by atoms with E-state index < -0.39 is 5.60 Å². The highest BCUT2D eigenvalue weighted by Crippen LogP contribution is 2.34. The molecule has 0 bridgehead atoms. The van der Waals surface area contributed by atoms with Crippen LogP contribution in [0.2, 0.25) is 0 Å². The van der Waals surface area contributed by atoms with E-state index in [0.717, 1.165) is 35.3 Å². The van der Waals surface area contributed by atoms with E-state index in [-0.39, 0.29) is 12.1 Å². The fourth-order valence-corrected chi connectivity index (χ4v) is 3.57. The number of aryl methyl sites for hydroxylation is 2. The molecule has 4 rings (SSSR count). The molecule has 0 fully saturated rings. The molecule has 0 saturated heterocycles. The molecule has 1 atom stereocenters. The van der Waals surface area contributed by atoms with Crippen LogP contribution in [0.3, 0.4) is 0 Å². The van der Waals surface area contributed by atoms with Crippen molar-refractivity contribution in [1.29, 1.82) is 0 Å². The van der Waals surface area contributed by atoms with Crippen LogP contribution in [0, 0.1) is 0 Å². The van der Waals surface area contributed by atoms with Gasteiger partial charge in [0.25, 0.3) is 0 Å². The molecule has 8 nitrogen and oxygen atoms in total. The molecular formula is C22H26N6O2. The smallest absolute Gasteiger partial charge is 0.408 e. The average molecular weight is 406 g/mol. The summed E-state index contributed by atoms with van der Waals surface area (Å²) in [6.45, 7) is 5.59. The van der Waals surface area contributed by atoms with Crippen LogP contribution in [-0.4, -0.2) is 31.4 Å². The molecule has 156 valence electrons. The highest BCUT2D eigenvalue weighted by molar-refractivity contribution is 5.69. The SMILES string of the molecule is Cn1cc(Nc2nccc(-c3ccc4c(c3)CCC4NC(=O)OC(C)(C)C)n2)cn1. The number of amides is 1. The second-order valence-corrected chi connectivity index (χ2v) is 8.44. The highest BCUT2D eigenvalue weighted by Gasteiger charge is 2.26. The standard InChI is InChI=1S/C22H26N6O2/c1-22(2,3)30-21(29)27-19-8-6-14-11-15(5-7-17(14)19)18-9-10-23-20(26-18)25-16-12-24-28(4)13-16/h5,7,9-13,19H,6,8H2,1-4H3,(H,27,29)(H,23,25,26). The zero-order valence-corrected chi connectivity index (χ0v) is 17.6. The lowest BCUT2D eigenvalue weighted by atomic mass is 10.0. The summed E-state index contributed by atoms with van der Waals surface area (Å²) in [6, 6.07) is 8.10. The van der Waals surface area contributed by atoms with Crippen LogP contribution in [0.15, 0.2) is 42.9 Å². The van der Waals surface area contributed by atoms with E-state index in [0.29, 0.717) is 5.95 Å². The Balaban J connectivity index is 1.50. The van der Waals surface area contributed by atoms with Crippen molar-refractivity contribution in [1.82, 2.24) is 25.1 Å². The van der Waals surface area contributed by atoms with Gasteiger partial charge < -0.3 is 15.4 Å². The molecule has 2 N–H and O–H groups in total. The first-order chi connectivity index (χ1) is 14.3. The summed E-state index contributed by atoms with van der Waals surface area (Å²) in [5.74, 6) is 0.519. The highest BCUT2D eigenvalue weighted by atomic mass is 16.6. The lowest BCUT2D eigenvalue weighted by Crippen LogP contribution is -2.34. The topological polar surface area (TPSA) is 94.0 Å². The molecule has 0 aliphatic heterocycles. The van der Waals surface area contributed by atoms with Gasteiger partial charge in [-0.15, -0.1) is 0 Å². The number of alkyl carbamates (subject to hydrolysis) is 1. The Morgan fingerprint density at radius 2 is 2.10 bits per heavy atom. The zero-order valence-electron chi connectivity index (χ0n) is 17.6. The average Bonchev–Trinajstić information content (AvgIpc) is 3.26. The van der Waals surface area contributed by atoms with Gasteiger partial charge in [-0.05, 0) is 56.9 Å². The first kappa shape index (κ1) is 19.9. The predicted molar refractivity (Wildman–Crippen MR) is 114 cm³/mol. The monoisotopic (exact) mass is 406 g/mol. The van der Waals surface area contributed by atoms with Crippen molar-refractivity contribution in [2.24, 2.45) is 7.05 Å². The van der Waals surface area contributed by atoms with Gasteiger partial charge in [-0.25, -0.2) is 14.8 Å². The Kier molecular flexibility index (Phi) is 5.15. The molecule has 0 saturated carbocycles. The third-order valence-corrected chi connectivity index (χ3v) is 4.82. The summed E-state index contributed by atoms with van der Waals surface area (Å²) in [5, 5.41) is 10.3. The molecule has 2 aromatic heterocycles. The number of aromatic nitrogens is 4. The summed E-state index contributed by atoms with van der Waals surface area (Å²) >= 11 is 0. The lowest BCUT2D eigenvalue weighted by molar-refractivity contribution is 0.0503. The van der Waals surface area contributed by atoms with Gasteiger partial charge in [0.1, 0.15) is 5.60 Å². The second kappa shape index (κ2) is 7.78. The molecule has 30 heavy (non-hydrogen) atoms. The van der Waals surface area contributed by atoms with E-state index >= 15 is 0 Å². The van der Waals surface area contributed by atoms with Crippen molar-refractivity contribution >= 4 is 17.7 Å². The maximum atomic E-state index is 12.1. The maximum absolute atomic E-state index is 12.1. The number of benzene rings is 1. The fourth-order valence-electron chi connectivity index (χ4n) is 3.57. The van der Waals surface area contributed by atoms with Crippen molar-refractivity contribution in [2.75, 3.05) is 5.32 Å². The van der Waals surface area contributed by atoms with Gasteiger partial charge in [0, 0.05) is 25.0 Å². The van der Waals surface area contributed by atoms with Crippen molar-refractivity contribution in [3.05, 3.63) is 54.0 Å². The minimum Gasteiger partial charge on any atom is -0.444 e. The maximum Gasteiger partial charge on any atom is 0.408 e. The zero-order chi connectivity index (χ0) is 21.3. The Morgan fingerprint density at radius 1 is 1.27 bits per heavy atom. The van der Waals surface area contributed by atoms with Crippen LogP contribution < -0.4 is 10.6 Å². The van der Waals surface area contributed by atoms with Crippen molar-refractivity contribution in [2.45, 2.75) is 45.3 Å². The van der Waals surface area contributed by atoms with Crippen molar-refractivity contribution < 1.29 is 9.53 Å².